The smallest absolute Gasteiger partial charge is 0.207 e. The maximum absolute atomic E-state index is 5.95. The van der Waals surface area contributed by atoms with Gasteiger partial charge in [-0.3, -0.25) is 0 Å². The van der Waals surface area contributed by atoms with E-state index in [-0.39, 0.29) is 0 Å². The number of rotatable bonds is 2. The minimum atomic E-state index is 0.363. The number of nitrogen functional groups attached to an aromatic ring is 1. The molecule has 22 heavy (non-hydrogen) atoms. The van der Waals surface area contributed by atoms with Crippen LogP contribution in [0.3, 0.4) is 0 Å². The Morgan fingerprint density at radius 3 is 2.73 bits per heavy atom. The number of nitrogens with zero attached hydrogens (tertiary/aromatic N) is 6. The van der Waals surface area contributed by atoms with Crippen LogP contribution >= 0.6 is 0 Å². The molecule has 0 atom stereocenters. The van der Waals surface area contributed by atoms with Gasteiger partial charge in [-0.25, -0.2) is 14.4 Å². The molecule has 0 spiro atoms. The van der Waals surface area contributed by atoms with Crippen molar-refractivity contribution in [2.45, 2.75) is 0 Å². The second-order valence-corrected chi connectivity index (χ2v) is 5.02. The van der Waals surface area contributed by atoms with Crippen molar-refractivity contribution in [2.24, 2.45) is 0 Å². The molecule has 1 saturated heterocycles. The molecule has 3 aromatic rings. The molecular weight excluding hydrogens is 282 g/mol. The standard InChI is InChI=1S/C14H15N7O/c15-14-17-4-2-11-18-19-13(21(11)14)10-1-3-16-12(9-10)20-5-7-22-8-6-20/h1-4,9H,5-8H2,(H2,15,17). The van der Waals surface area contributed by atoms with E-state index in [1.165, 1.54) is 0 Å². The summed E-state index contributed by atoms with van der Waals surface area (Å²) in [5.74, 6) is 1.93. The quantitative estimate of drug-likeness (QED) is 0.740. The van der Waals surface area contributed by atoms with Gasteiger partial charge >= 0.3 is 0 Å². The van der Waals surface area contributed by atoms with Crippen molar-refractivity contribution < 1.29 is 4.74 Å². The van der Waals surface area contributed by atoms with E-state index in [0.717, 1.165) is 37.7 Å². The highest BCUT2D eigenvalue weighted by Crippen LogP contribution is 2.23. The van der Waals surface area contributed by atoms with Crippen LogP contribution in [0.4, 0.5) is 11.8 Å². The number of fused-ring (bicyclic) bond motifs is 1. The Labute approximate surface area is 126 Å². The summed E-state index contributed by atoms with van der Waals surface area (Å²) < 4.78 is 7.11. The monoisotopic (exact) mass is 297 g/mol. The predicted octanol–water partition coefficient (Wildman–Crippen LogP) is 0.605. The van der Waals surface area contributed by atoms with Gasteiger partial charge in [-0.1, -0.05) is 0 Å². The first-order valence-corrected chi connectivity index (χ1v) is 7.08. The minimum absolute atomic E-state index is 0.363. The molecule has 4 heterocycles. The third-order valence-corrected chi connectivity index (χ3v) is 3.69. The van der Waals surface area contributed by atoms with Crippen LogP contribution < -0.4 is 10.6 Å². The van der Waals surface area contributed by atoms with Crippen molar-refractivity contribution in [3.63, 3.8) is 0 Å². The summed E-state index contributed by atoms with van der Waals surface area (Å²) >= 11 is 0. The zero-order chi connectivity index (χ0) is 14.9. The van der Waals surface area contributed by atoms with Gasteiger partial charge in [-0.05, 0) is 12.1 Å². The van der Waals surface area contributed by atoms with E-state index >= 15 is 0 Å². The average Bonchev–Trinajstić information content (AvgIpc) is 3.01. The molecule has 0 bridgehead atoms. The lowest BCUT2D eigenvalue weighted by Crippen LogP contribution is -2.36. The van der Waals surface area contributed by atoms with Crippen LogP contribution in [0.15, 0.2) is 30.6 Å². The first-order valence-electron chi connectivity index (χ1n) is 7.08. The average molecular weight is 297 g/mol. The number of ether oxygens (including phenoxy) is 1. The van der Waals surface area contributed by atoms with E-state index < -0.39 is 0 Å². The molecule has 0 aliphatic carbocycles. The zero-order valence-electron chi connectivity index (χ0n) is 11.9. The van der Waals surface area contributed by atoms with Gasteiger partial charge in [0, 0.05) is 37.1 Å². The number of hydrogen-bond donors (Lipinski definition) is 1. The van der Waals surface area contributed by atoms with Crippen molar-refractivity contribution in [3.05, 3.63) is 30.6 Å². The second-order valence-electron chi connectivity index (χ2n) is 5.02. The lowest BCUT2D eigenvalue weighted by molar-refractivity contribution is 0.122. The molecule has 0 radical (unpaired) electrons. The van der Waals surface area contributed by atoms with Crippen molar-refractivity contribution >= 4 is 17.4 Å². The largest absolute Gasteiger partial charge is 0.378 e. The van der Waals surface area contributed by atoms with Gasteiger partial charge < -0.3 is 15.4 Å². The van der Waals surface area contributed by atoms with Crippen molar-refractivity contribution in [3.8, 4) is 11.4 Å². The molecule has 8 heteroatoms. The SMILES string of the molecule is Nc1nccc2nnc(-c3ccnc(N4CCOCC4)c3)n12. The van der Waals surface area contributed by atoms with E-state index in [1.54, 1.807) is 22.9 Å². The van der Waals surface area contributed by atoms with E-state index in [2.05, 4.69) is 25.1 Å². The highest BCUT2D eigenvalue weighted by Gasteiger charge is 2.15. The molecule has 0 amide bonds. The Bertz CT molecular complexity index is 810. The van der Waals surface area contributed by atoms with Crippen LogP contribution in [0, 0.1) is 0 Å². The first-order chi connectivity index (χ1) is 10.8. The first kappa shape index (κ1) is 13.0. The lowest BCUT2D eigenvalue weighted by atomic mass is 10.2. The second kappa shape index (κ2) is 5.23. The highest BCUT2D eigenvalue weighted by atomic mass is 16.5. The van der Waals surface area contributed by atoms with Crippen LogP contribution in [-0.4, -0.2) is 50.9 Å². The van der Waals surface area contributed by atoms with Gasteiger partial charge in [0.1, 0.15) is 5.82 Å². The van der Waals surface area contributed by atoms with Crippen molar-refractivity contribution in [1.29, 1.82) is 0 Å². The van der Waals surface area contributed by atoms with Gasteiger partial charge in [-0.15, -0.1) is 10.2 Å². The third-order valence-electron chi connectivity index (χ3n) is 3.69. The van der Waals surface area contributed by atoms with Crippen LogP contribution in [0.1, 0.15) is 0 Å². The van der Waals surface area contributed by atoms with E-state index in [0.29, 0.717) is 17.4 Å². The number of anilines is 2. The Morgan fingerprint density at radius 1 is 1.05 bits per heavy atom. The summed E-state index contributed by atoms with van der Waals surface area (Å²) in [4.78, 5) is 10.7. The molecule has 1 aliphatic heterocycles. The maximum atomic E-state index is 5.95. The van der Waals surface area contributed by atoms with Gasteiger partial charge in [0.05, 0.1) is 13.2 Å². The molecule has 8 nitrogen and oxygen atoms in total. The summed E-state index contributed by atoms with van der Waals surface area (Å²) in [6, 6.07) is 5.66. The number of morpholine rings is 1. The van der Waals surface area contributed by atoms with E-state index in [9.17, 15) is 0 Å². The number of pyridine rings is 1. The molecule has 2 N–H and O–H groups in total. The Morgan fingerprint density at radius 2 is 1.86 bits per heavy atom. The molecule has 112 valence electrons. The number of nitrogens with two attached hydrogens (primary N) is 1. The summed E-state index contributed by atoms with van der Waals surface area (Å²) in [6.45, 7) is 3.11. The van der Waals surface area contributed by atoms with Crippen molar-refractivity contribution in [2.75, 3.05) is 36.9 Å². The van der Waals surface area contributed by atoms with E-state index in [1.807, 2.05) is 12.1 Å². The molecule has 0 saturated carbocycles. The van der Waals surface area contributed by atoms with Crippen LogP contribution in [0.2, 0.25) is 0 Å². The topological polar surface area (TPSA) is 94.5 Å². The highest BCUT2D eigenvalue weighted by molar-refractivity contribution is 5.64. The van der Waals surface area contributed by atoms with Gasteiger partial charge in [0.25, 0.3) is 0 Å². The molecule has 0 unspecified atom stereocenters. The summed E-state index contributed by atoms with van der Waals surface area (Å²) in [6.07, 6.45) is 3.39. The van der Waals surface area contributed by atoms with Crippen LogP contribution in [0.5, 0.6) is 0 Å². The molecule has 4 rings (SSSR count). The summed E-state index contributed by atoms with van der Waals surface area (Å²) in [5, 5.41) is 8.37. The fourth-order valence-electron chi connectivity index (χ4n) is 2.58. The molecule has 1 aliphatic rings. The van der Waals surface area contributed by atoms with Gasteiger partial charge in [-0.2, -0.15) is 0 Å². The summed E-state index contributed by atoms with van der Waals surface area (Å²) in [5.41, 5.74) is 7.53. The predicted molar refractivity (Wildman–Crippen MR) is 81.5 cm³/mol. The third kappa shape index (κ3) is 2.13. The zero-order valence-corrected chi connectivity index (χ0v) is 11.9. The number of aromatic nitrogens is 5. The lowest BCUT2D eigenvalue weighted by Gasteiger charge is -2.27. The van der Waals surface area contributed by atoms with Crippen LogP contribution in [-0.2, 0) is 4.74 Å². The normalized spacial score (nSPS) is 15.4. The number of hydrogen-bond acceptors (Lipinski definition) is 7. The van der Waals surface area contributed by atoms with E-state index in [4.69, 9.17) is 10.5 Å². The molecule has 0 aromatic carbocycles. The fourth-order valence-corrected chi connectivity index (χ4v) is 2.58. The van der Waals surface area contributed by atoms with Gasteiger partial charge in [0.2, 0.25) is 5.95 Å². The van der Waals surface area contributed by atoms with Crippen molar-refractivity contribution in [1.82, 2.24) is 24.6 Å². The van der Waals surface area contributed by atoms with Gasteiger partial charge in [0.15, 0.2) is 11.5 Å². The molecular formula is C14H15N7O. The Balaban J connectivity index is 1.78. The summed E-state index contributed by atoms with van der Waals surface area (Å²) in [7, 11) is 0. The minimum Gasteiger partial charge on any atom is -0.378 e. The van der Waals surface area contributed by atoms with Crippen LogP contribution in [0.25, 0.3) is 17.0 Å². The Hall–Kier alpha value is -2.74. The molecule has 3 aromatic heterocycles. The molecule has 1 fully saturated rings. The fraction of sp³-hybridized carbons (Fsp3) is 0.286. The maximum Gasteiger partial charge on any atom is 0.207 e. The Kier molecular flexibility index (Phi) is 3.08.